The molecule has 3 aromatic rings. The maximum Gasteiger partial charge on any atom is 0.271 e. The second-order valence-corrected chi connectivity index (χ2v) is 12.4. The first kappa shape index (κ1) is 25.8. The average molecular weight is 540 g/mol. The lowest BCUT2D eigenvalue weighted by molar-refractivity contribution is 0.0936. The van der Waals surface area contributed by atoms with E-state index in [1.54, 1.807) is 29.8 Å². The van der Waals surface area contributed by atoms with E-state index in [1.807, 2.05) is 24.3 Å². The van der Waals surface area contributed by atoms with Crippen molar-refractivity contribution < 1.29 is 13.2 Å². The number of hydrogen-bond acceptors (Lipinski definition) is 7. The van der Waals surface area contributed by atoms with Crippen molar-refractivity contribution in [3.63, 3.8) is 0 Å². The number of sulfonamides is 1. The van der Waals surface area contributed by atoms with Gasteiger partial charge in [0.05, 0.1) is 4.90 Å². The molecule has 1 atom stereocenters. The number of hydrogen-bond donors (Lipinski definition) is 2. The van der Waals surface area contributed by atoms with Crippen molar-refractivity contribution in [3.05, 3.63) is 59.7 Å². The number of carbonyl (C=O) groups excluding carboxylic acids is 1. The molecule has 1 saturated heterocycles. The highest BCUT2D eigenvalue weighted by molar-refractivity contribution is 7.89. The zero-order chi connectivity index (χ0) is 25.7. The Labute approximate surface area is 222 Å². The van der Waals surface area contributed by atoms with Gasteiger partial charge < -0.3 is 10.2 Å². The monoisotopic (exact) mass is 539 g/mol. The molecule has 2 aliphatic rings. The Balaban J connectivity index is 1.22. The number of rotatable bonds is 7. The van der Waals surface area contributed by atoms with Crippen LogP contribution in [0.5, 0.6) is 0 Å². The summed E-state index contributed by atoms with van der Waals surface area (Å²) in [5.74, 6) is 0.694. The lowest BCUT2D eigenvalue weighted by atomic mass is 9.97. The van der Waals surface area contributed by atoms with Crippen LogP contribution in [-0.4, -0.2) is 49.5 Å². The third kappa shape index (κ3) is 6.55. The fourth-order valence-electron chi connectivity index (χ4n) is 5.05. The quantitative estimate of drug-likeness (QED) is 0.455. The Kier molecular flexibility index (Phi) is 8.17. The summed E-state index contributed by atoms with van der Waals surface area (Å²) in [6, 6.07) is 12.6. The molecule has 0 radical (unpaired) electrons. The molecule has 3 heterocycles. The molecule has 1 aliphatic heterocycles. The number of carbonyl (C=O) groups is 1. The first-order chi connectivity index (χ1) is 18.0. The Bertz CT molecular complexity index is 1300. The summed E-state index contributed by atoms with van der Waals surface area (Å²) in [5.41, 5.74) is 1.03. The maximum atomic E-state index is 13.1. The van der Waals surface area contributed by atoms with Gasteiger partial charge in [-0.1, -0.05) is 50.3 Å². The predicted molar refractivity (Wildman–Crippen MR) is 146 cm³/mol. The normalized spacial score (nSPS) is 19.4. The Hall–Kier alpha value is -2.82. The molecule has 0 spiro atoms. The molecule has 196 valence electrons. The van der Waals surface area contributed by atoms with Crippen LogP contribution in [0.15, 0.2) is 58.9 Å². The molecule has 1 aliphatic carbocycles. The molecule has 8 nitrogen and oxygen atoms in total. The minimum Gasteiger partial charge on any atom is -0.354 e. The lowest BCUT2D eigenvalue weighted by Gasteiger charge is -2.21. The van der Waals surface area contributed by atoms with Crippen molar-refractivity contribution >= 4 is 33.1 Å². The summed E-state index contributed by atoms with van der Waals surface area (Å²) >= 11 is 1.34. The number of amides is 1. The van der Waals surface area contributed by atoms with E-state index in [0.717, 1.165) is 57.3 Å². The van der Waals surface area contributed by atoms with Crippen LogP contribution in [0.1, 0.15) is 61.9 Å². The van der Waals surface area contributed by atoms with Gasteiger partial charge in [0.1, 0.15) is 16.5 Å². The third-order valence-corrected chi connectivity index (χ3v) is 9.46. The maximum absolute atomic E-state index is 13.1. The van der Waals surface area contributed by atoms with Crippen LogP contribution in [0.3, 0.4) is 0 Å². The highest BCUT2D eigenvalue weighted by Crippen LogP contribution is 2.27. The van der Waals surface area contributed by atoms with Crippen molar-refractivity contribution in [2.45, 2.75) is 68.3 Å². The molecule has 1 amide bonds. The van der Waals surface area contributed by atoms with E-state index in [2.05, 4.69) is 24.9 Å². The van der Waals surface area contributed by atoms with Crippen LogP contribution in [0.4, 0.5) is 5.82 Å². The van der Waals surface area contributed by atoms with Gasteiger partial charge in [0.2, 0.25) is 10.0 Å². The molecule has 0 bridgehead atoms. The number of nitrogens with zero attached hydrogens (tertiary/aromatic N) is 3. The summed E-state index contributed by atoms with van der Waals surface area (Å²) in [4.78, 5) is 24.2. The smallest absolute Gasteiger partial charge is 0.271 e. The van der Waals surface area contributed by atoms with Gasteiger partial charge in [0, 0.05) is 42.3 Å². The Morgan fingerprint density at radius 1 is 0.973 bits per heavy atom. The van der Waals surface area contributed by atoms with Gasteiger partial charge >= 0.3 is 0 Å². The van der Waals surface area contributed by atoms with Gasteiger partial charge in [-0.25, -0.2) is 23.1 Å². The number of pyridine rings is 1. The second kappa shape index (κ2) is 11.7. The number of anilines is 1. The van der Waals surface area contributed by atoms with Gasteiger partial charge in [-0.05, 0) is 43.5 Å². The van der Waals surface area contributed by atoms with E-state index in [-0.39, 0.29) is 22.9 Å². The van der Waals surface area contributed by atoms with Crippen LogP contribution >= 0.6 is 11.3 Å². The van der Waals surface area contributed by atoms with Crippen LogP contribution in [0.25, 0.3) is 10.6 Å². The first-order valence-electron chi connectivity index (χ1n) is 13.0. The molecule has 37 heavy (non-hydrogen) atoms. The summed E-state index contributed by atoms with van der Waals surface area (Å²) in [7, 11) is -3.63. The topological polar surface area (TPSA) is 104 Å². The molecule has 1 unspecified atom stereocenters. The zero-order valence-corrected chi connectivity index (χ0v) is 22.4. The highest BCUT2D eigenvalue weighted by Gasteiger charge is 2.26. The average Bonchev–Trinajstić information content (AvgIpc) is 3.57. The largest absolute Gasteiger partial charge is 0.354 e. The van der Waals surface area contributed by atoms with Crippen molar-refractivity contribution in [1.82, 2.24) is 20.0 Å². The summed E-state index contributed by atoms with van der Waals surface area (Å²) in [5, 5.41) is 5.43. The van der Waals surface area contributed by atoms with E-state index in [0.29, 0.717) is 22.8 Å². The number of aromatic nitrogens is 2. The van der Waals surface area contributed by atoms with E-state index in [1.165, 1.54) is 17.8 Å². The zero-order valence-electron chi connectivity index (χ0n) is 20.8. The van der Waals surface area contributed by atoms with Crippen molar-refractivity contribution in [3.8, 4) is 10.6 Å². The summed E-state index contributed by atoms with van der Waals surface area (Å²) in [6.45, 7) is 1.54. The molecule has 2 aromatic heterocycles. The molecule has 2 N–H and O–H groups in total. The number of nitrogens with one attached hydrogen (secondary N) is 2. The molecule has 5 rings (SSSR count). The standard InChI is InChI=1S/C27H33N5O3S2/c33-26(29-22-14-16-32(18-22)25-13-6-7-15-28-25)24-19-36-27(30-24)20-9-8-12-23(17-20)37(34,35)31-21-10-4-2-1-3-5-11-21/h6-9,12-13,15,17,19,21-22,31H,1-5,10-11,14,16,18H2,(H,29,33). The van der Waals surface area contributed by atoms with Gasteiger partial charge in [0.15, 0.2) is 0 Å². The number of benzene rings is 1. The fraction of sp³-hybridized carbons (Fsp3) is 0.444. The minimum absolute atomic E-state index is 0.0201. The Morgan fingerprint density at radius 3 is 2.57 bits per heavy atom. The second-order valence-electron chi connectivity index (χ2n) is 9.82. The highest BCUT2D eigenvalue weighted by atomic mass is 32.2. The number of thiazole rings is 1. The van der Waals surface area contributed by atoms with E-state index < -0.39 is 10.0 Å². The van der Waals surface area contributed by atoms with Gasteiger partial charge in [-0.3, -0.25) is 4.79 Å². The summed E-state index contributed by atoms with van der Waals surface area (Å²) < 4.78 is 29.2. The van der Waals surface area contributed by atoms with Crippen molar-refractivity contribution in [2.24, 2.45) is 0 Å². The van der Waals surface area contributed by atoms with Crippen molar-refractivity contribution in [2.75, 3.05) is 18.0 Å². The van der Waals surface area contributed by atoms with E-state index in [9.17, 15) is 13.2 Å². The fourth-order valence-corrected chi connectivity index (χ4v) is 7.20. The predicted octanol–water partition coefficient (Wildman–Crippen LogP) is 4.61. The SMILES string of the molecule is O=C(NC1CCN(c2ccccn2)C1)c1csc(-c2cccc(S(=O)(=O)NC3CCCCCCC3)c2)n1. The van der Waals surface area contributed by atoms with Gasteiger partial charge in [0.25, 0.3) is 5.91 Å². The van der Waals surface area contributed by atoms with Crippen LogP contribution in [-0.2, 0) is 10.0 Å². The summed E-state index contributed by atoms with van der Waals surface area (Å²) in [6.07, 6.45) is 10.0. The van der Waals surface area contributed by atoms with Gasteiger partial charge in [-0.2, -0.15) is 0 Å². The van der Waals surface area contributed by atoms with Crippen LogP contribution < -0.4 is 14.9 Å². The molecule has 10 heteroatoms. The van der Waals surface area contributed by atoms with Gasteiger partial charge in [-0.15, -0.1) is 11.3 Å². The lowest BCUT2D eigenvalue weighted by Crippen LogP contribution is -2.37. The molecular formula is C27H33N5O3S2. The third-order valence-electron chi connectivity index (χ3n) is 7.05. The van der Waals surface area contributed by atoms with Crippen LogP contribution in [0, 0.1) is 0 Å². The molecule has 1 aromatic carbocycles. The Morgan fingerprint density at radius 2 is 1.78 bits per heavy atom. The van der Waals surface area contributed by atoms with E-state index >= 15 is 0 Å². The van der Waals surface area contributed by atoms with E-state index in [4.69, 9.17) is 0 Å². The van der Waals surface area contributed by atoms with Crippen molar-refractivity contribution in [1.29, 1.82) is 0 Å². The first-order valence-corrected chi connectivity index (χ1v) is 15.4. The molecular weight excluding hydrogens is 506 g/mol. The molecule has 2 fully saturated rings. The van der Waals surface area contributed by atoms with Crippen LogP contribution in [0.2, 0.25) is 0 Å². The minimum atomic E-state index is -3.63. The molecule has 1 saturated carbocycles.